The Bertz CT molecular complexity index is 1110. The maximum Gasteiger partial charge on any atom is 0.323 e. The van der Waals surface area contributed by atoms with Crippen molar-refractivity contribution in [1.82, 2.24) is 14.2 Å². The molecule has 1 aromatic carbocycles. The number of rotatable bonds is 4. The van der Waals surface area contributed by atoms with Gasteiger partial charge < -0.3 is 9.67 Å². The average Bonchev–Trinajstić information content (AvgIpc) is 3.10. The molecule has 0 aliphatic carbocycles. The van der Waals surface area contributed by atoms with Crippen LogP contribution in [0.4, 0.5) is 4.39 Å². The second kappa shape index (κ2) is 5.73. The third kappa shape index (κ3) is 2.55. The van der Waals surface area contributed by atoms with Crippen LogP contribution in [0.3, 0.4) is 0 Å². The Hall–Kier alpha value is -3.15. The fourth-order valence-corrected chi connectivity index (χ4v) is 3.40. The zero-order valence-electron chi connectivity index (χ0n) is 13.6. The summed E-state index contributed by atoms with van der Waals surface area (Å²) < 4.78 is 17.3. The van der Waals surface area contributed by atoms with Crippen LogP contribution in [-0.2, 0) is 17.8 Å². The Morgan fingerprint density at radius 1 is 1.24 bits per heavy atom. The Balaban J connectivity index is 1.90. The molecule has 0 amide bonds. The van der Waals surface area contributed by atoms with Crippen LogP contribution in [0.2, 0.25) is 0 Å². The van der Waals surface area contributed by atoms with Gasteiger partial charge in [-0.15, -0.1) is 0 Å². The lowest BCUT2D eigenvalue weighted by Gasteiger charge is -2.05. The Morgan fingerprint density at radius 2 is 2.08 bits per heavy atom. The van der Waals surface area contributed by atoms with Gasteiger partial charge in [0.2, 0.25) is 0 Å². The summed E-state index contributed by atoms with van der Waals surface area (Å²) in [6.07, 6.45) is 4.24. The van der Waals surface area contributed by atoms with Gasteiger partial charge in [0.25, 0.3) is 0 Å². The average molecular weight is 337 g/mol. The molecule has 0 unspecified atom stereocenters. The van der Waals surface area contributed by atoms with Crippen molar-refractivity contribution in [3.05, 3.63) is 71.4 Å². The van der Waals surface area contributed by atoms with Crippen LogP contribution in [0, 0.1) is 12.7 Å². The van der Waals surface area contributed by atoms with Gasteiger partial charge in [-0.25, -0.2) is 8.91 Å². The van der Waals surface area contributed by atoms with Crippen molar-refractivity contribution in [1.29, 1.82) is 0 Å². The monoisotopic (exact) mass is 337 g/mol. The number of carboxylic acids is 1. The van der Waals surface area contributed by atoms with Crippen LogP contribution in [0.1, 0.15) is 16.8 Å². The number of carboxylic acid groups (broad SMARTS) is 1. The zero-order chi connectivity index (χ0) is 17.6. The van der Waals surface area contributed by atoms with Crippen LogP contribution in [-0.4, -0.2) is 25.3 Å². The molecule has 0 atom stereocenters. The minimum Gasteiger partial charge on any atom is -0.480 e. The summed E-state index contributed by atoms with van der Waals surface area (Å²) in [6, 6.07) is 10.3. The largest absolute Gasteiger partial charge is 0.480 e. The van der Waals surface area contributed by atoms with Crippen molar-refractivity contribution in [3.8, 4) is 0 Å². The lowest BCUT2D eigenvalue weighted by molar-refractivity contribution is -0.137. The van der Waals surface area contributed by atoms with Crippen LogP contribution >= 0.6 is 0 Å². The van der Waals surface area contributed by atoms with E-state index in [1.807, 2.05) is 31.3 Å². The van der Waals surface area contributed by atoms with Gasteiger partial charge in [0.1, 0.15) is 12.4 Å². The molecule has 0 aliphatic heterocycles. The summed E-state index contributed by atoms with van der Waals surface area (Å²) in [5.41, 5.74) is 4.49. The molecule has 4 rings (SSSR count). The van der Waals surface area contributed by atoms with E-state index in [1.165, 1.54) is 12.1 Å². The van der Waals surface area contributed by atoms with Gasteiger partial charge in [0.05, 0.1) is 11.7 Å². The van der Waals surface area contributed by atoms with Crippen molar-refractivity contribution >= 4 is 22.4 Å². The smallest absolute Gasteiger partial charge is 0.323 e. The highest BCUT2D eigenvalue weighted by molar-refractivity contribution is 5.87. The molecule has 0 spiro atoms. The zero-order valence-corrected chi connectivity index (χ0v) is 13.6. The molecular weight excluding hydrogens is 321 g/mol. The first-order valence-corrected chi connectivity index (χ1v) is 7.95. The SMILES string of the molecule is Cc1c(Cc2cnn3ccccc23)c2cc(F)ccc2n1CC(=O)O. The van der Waals surface area contributed by atoms with Gasteiger partial charge in [-0.1, -0.05) is 6.07 Å². The van der Waals surface area contributed by atoms with Crippen molar-refractivity contribution in [2.24, 2.45) is 0 Å². The topological polar surface area (TPSA) is 59.5 Å². The molecule has 0 bridgehead atoms. The van der Waals surface area contributed by atoms with E-state index in [4.69, 9.17) is 0 Å². The molecule has 0 fully saturated rings. The summed E-state index contributed by atoms with van der Waals surface area (Å²) in [6.45, 7) is 1.73. The van der Waals surface area contributed by atoms with Gasteiger partial charge in [0.15, 0.2) is 0 Å². The maximum atomic E-state index is 13.8. The number of nitrogens with zero attached hydrogens (tertiary/aromatic N) is 3. The van der Waals surface area contributed by atoms with Gasteiger partial charge >= 0.3 is 5.97 Å². The van der Waals surface area contributed by atoms with Gasteiger partial charge in [-0.2, -0.15) is 5.10 Å². The fourth-order valence-electron chi connectivity index (χ4n) is 3.40. The summed E-state index contributed by atoms with van der Waals surface area (Å²) in [4.78, 5) is 11.2. The van der Waals surface area contributed by atoms with Crippen molar-refractivity contribution in [2.45, 2.75) is 19.9 Å². The molecule has 3 aromatic heterocycles. The lowest BCUT2D eigenvalue weighted by Crippen LogP contribution is -2.10. The van der Waals surface area contributed by atoms with E-state index >= 15 is 0 Å². The Labute approximate surface area is 142 Å². The summed E-state index contributed by atoms with van der Waals surface area (Å²) >= 11 is 0. The van der Waals surface area contributed by atoms with E-state index < -0.39 is 5.97 Å². The number of halogens is 1. The van der Waals surface area contributed by atoms with Gasteiger partial charge in [-0.05, 0) is 42.8 Å². The third-order valence-electron chi connectivity index (χ3n) is 4.58. The van der Waals surface area contributed by atoms with Gasteiger partial charge in [0, 0.05) is 34.8 Å². The summed E-state index contributed by atoms with van der Waals surface area (Å²) in [7, 11) is 0. The third-order valence-corrected chi connectivity index (χ3v) is 4.58. The van der Waals surface area contributed by atoms with Crippen LogP contribution in [0.25, 0.3) is 16.4 Å². The molecular formula is C19H16FN3O2. The predicted octanol–water partition coefficient (Wildman–Crippen LogP) is 3.41. The maximum absolute atomic E-state index is 13.8. The minimum absolute atomic E-state index is 0.150. The summed E-state index contributed by atoms with van der Waals surface area (Å²) in [5.74, 6) is -1.26. The highest BCUT2D eigenvalue weighted by atomic mass is 19.1. The molecule has 1 N–H and O–H groups in total. The molecule has 0 radical (unpaired) electrons. The van der Waals surface area contributed by atoms with Crippen LogP contribution < -0.4 is 0 Å². The molecule has 6 heteroatoms. The van der Waals surface area contributed by atoms with E-state index in [0.717, 1.165) is 33.2 Å². The number of hydrogen-bond donors (Lipinski definition) is 1. The van der Waals surface area contributed by atoms with E-state index in [2.05, 4.69) is 5.10 Å². The van der Waals surface area contributed by atoms with Crippen LogP contribution in [0.5, 0.6) is 0 Å². The van der Waals surface area contributed by atoms with Crippen molar-refractivity contribution < 1.29 is 14.3 Å². The first-order chi connectivity index (χ1) is 12.0. The quantitative estimate of drug-likeness (QED) is 0.621. The van der Waals surface area contributed by atoms with Gasteiger partial charge in [-0.3, -0.25) is 4.79 Å². The molecule has 25 heavy (non-hydrogen) atoms. The second-order valence-electron chi connectivity index (χ2n) is 6.08. The van der Waals surface area contributed by atoms with Crippen LogP contribution in [0.15, 0.2) is 48.8 Å². The number of aliphatic carboxylic acids is 1. The number of aromatic nitrogens is 3. The number of benzene rings is 1. The number of carbonyl (C=O) groups is 1. The Morgan fingerprint density at radius 3 is 2.88 bits per heavy atom. The van der Waals surface area contributed by atoms with E-state index in [0.29, 0.717) is 6.42 Å². The first kappa shape index (κ1) is 15.4. The molecule has 3 heterocycles. The number of hydrogen-bond acceptors (Lipinski definition) is 2. The molecule has 0 saturated carbocycles. The number of fused-ring (bicyclic) bond motifs is 2. The van der Waals surface area contributed by atoms with E-state index in [1.54, 1.807) is 21.3 Å². The highest BCUT2D eigenvalue weighted by Gasteiger charge is 2.18. The standard InChI is InChI=1S/C19H16FN3O2/c1-12-15(8-13-10-21-23-7-3-2-4-17(13)23)16-9-14(20)5-6-18(16)22(12)11-19(24)25/h2-7,9-10H,8,11H2,1H3,(H,24,25). The predicted molar refractivity (Wildman–Crippen MR) is 92.3 cm³/mol. The molecule has 126 valence electrons. The lowest BCUT2D eigenvalue weighted by atomic mass is 10.0. The second-order valence-corrected chi connectivity index (χ2v) is 6.08. The van der Waals surface area contributed by atoms with Crippen molar-refractivity contribution in [2.75, 3.05) is 0 Å². The first-order valence-electron chi connectivity index (χ1n) is 7.95. The molecule has 5 nitrogen and oxygen atoms in total. The van der Waals surface area contributed by atoms with E-state index in [-0.39, 0.29) is 12.4 Å². The molecule has 0 aliphatic rings. The molecule has 4 aromatic rings. The Kier molecular flexibility index (Phi) is 3.53. The molecule has 0 saturated heterocycles. The highest BCUT2D eigenvalue weighted by Crippen LogP contribution is 2.29. The summed E-state index contributed by atoms with van der Waals surface area (Å²) in [5, 5.41) is 14.3. The van der Waals surface area contributed by atoms with E-state index in [9.17, 15) is 14.3 Å². The fraction of sp³-hybridized carbons (Fsp3) is 0.158. The van der Waals surface area contributed by atoms with Crippen molar-refractivity contribution in [3.63, 3.8) is 0 Å². The number of pyridine rings is 1. The normalized spacial score (nSPS) is 11.4. The minimum atomic E-state index is -0.924.